The number of hydrogen-bond donors (Lipinski definition) is 1. The second kappa shape index (κ2) is 5.26. The van der Waals surface area contributed by atoms with Gasteiger partial charge in [0.15, 0.2) is 0 Å². The molecule has 2 nitrogen and oxygen atoms in total. The van der Waals surface area contributed by atoms with E-state index in [0.29, 0.717) is 6.04 Å². The summed E-state index contributed by atoms with van der Waals surface area (Å²) >= 11 is 0. The van der Waals surface area contributed by atoms with Gasteiger partial charge in [-0.1, -0.05) is 12.5 Å². The average molecular weight is 204 g/mol. The van der Waals surface area contributed by atoms with Gasteiger partial charge in [-0.25, -0.2) is 0 Å². The van der Waals surface area contributed by atoms with Gasteiger partial charge in [-0.2, -0.15) is 0 Å². The van der Waals surface area contributed by atoms with Crippen molar-refractivity contribution in [2.75, 3.05) is 6.54 Å². The van der Waals surface area contributed by atoms with Crippen molar-refractivity contribution in [3.63, 3.8) is 0 Å². The first kappa shape index (κ1) is 10.6. The lowest BCUT2D eigenvalue weighted by Gasteiger charge is -2.32. The average Bonchev–Trinajstić information content (AvgIpc) is 2.16. The molecule has 0 aromatic carbocycles. The fraction of sp³-hybridized carbons (Fsp3) is 0.615. The normalized spacial score (nSPS) is 18.5. The van der Waals surface area contributed by atoms with Crippen LogP contribution in [0.5, 0.6) is 0 Å². The molecule has 1 N–H and O–H groups in total. The highest BCUT2D eigenvalue weighted by Gasteiger charge is 2.22. The summed E-state index contributed by atoms with van der Waals surface area (Å²) in [5.74, 6) is 0.930. The molecule has 1 fully saturated rings. The summed E-state index contributed by atoms with van der Waals surface area (Å²) in [6.07, 6.45) is 9.13. The third-order valence-electron chi connectivity index (χ3n) is 3.46. The Bertz CT molecular complexity index is 280. The van der Waals surface area contributed by atoms with Gasteiger partial charge >= 0.3 is 0 Å². The van der Waals surface area contributed by atoms with Gasteiger partial charge in [0, 0.05) is 18.4 Å². The van der Waals surface area contributed by atoms with Gasteiger partial charge in [0.25, 0.3) is 0 Å². The summed E-state index contributed by atoms with van der Waals surface area (Å²) in [5, 5.41) is 3.61. The summed E-state index contributed by atoms with van der Waals surface area (Å²) in [7, 11) is 0. The Kier molecular flexibility index (Phi) is 3.73. The van der Waals surface area contributed by atoms with Crippen LogP contribution in [-0.4, -0.2) is 17.6 Å². The molecule has 0 aliphatic heterocycles. The first-order valence-corrected chi connectivity index (χ1v) is 5.98. The molecule has 1 atom stereocenters. The van der Waals surface area contributed by atoms with E-state index in [1.165, 1.54) is 24.8 Å². The lowest BCUT2D eigenvalue weighted by Crippen LogP contribution is -2.38. The largest absolute Gasteiger partial charge is 0.314 e. The summed E-state index contributed by atoms with van der Waals surface area (Å²) in [6.45, 7) is 3.39. The summed E-state index contributed by atoms with van der Waals surface area (Å²) in [6, 6.07) is 4.84. The molecule has 2 rings (SSSR count). The zero-order chi connectivity index (χ0) is 10.5. The van der Waals surface area contributed by atoms with Crippen LogP contribution in [0.1, 0.15) is 31.7 Å². The van der Waals surface area contributed by atoms with Gasteiger partial charge in [-0.3, -0.25) is 4.98 Å². The maximum absolute atomic E-state index is 4.12. The van der Waals surface area contributed by atoms with Gasteiger partial charge in [-0.05, 0) is 50.3 Å². The van der Waals surface area contributed by atoms with Gasteiger partial charge in [0.1, 0.15) is 0 Å². The summed E-state index contributed by atoms with van der Waals surface area (Å²) in [4.78, 5) is 4.12. The number of rotatable bonds is 5. The van der Waals surface area contributed by atoms with Crippen molar-refractivity contribution in [1.82, 2.24) is 10.3 Å². The molecule has 0 spiro atoms. The Labute approximate surface area is 92.1 Å². The number of nitrogens with one attached hydrogen (secondary N) is 1. The van der Waals surface area contributed by atoms with E-state index in [4.69, 9.17) is 0 Å². The fourth-order valence-electron chi connectivity index (χ4n) is 2.10. The highest BCUT2D eigenvalue weighted by Crippen LogP contribution is 2.29. The van der Waals surface area contributed by atoms with Crippen LogP contribution >= 0.6 is 0 Å². The molecule has 1 aliphatic carbocycles. The number of hydrogen-bond acceptors (Lipinski definition) is 2. The van der Waals surface area contributed by atoms with Crippen LogP contribution in [0.2, 0.25) is 0 Å². The predicted octanol–water partition coefficient (Wildman–Crippen LogP) is 2.40. The van der Waals surface area contributed by atoms with Crippen LogP contribution in [0.25, 0.3) is 0 Å². The Morgan fingerprint density at radius 2 is 2.40 bits per heavy atom. The molecular formula is C13H20N2. The molecule has 1 aromatic rings. The van der Waals surface area contributed by atoms with E-state index in [1.807, 2.05) is 18.5 Å². The van der Waals surface area contributed by atoms with Crippen molar-refractivity contribution in [3.8, 4) is 0 Å². The topological polar surface area (TPSA) is 24.9 Å². The molecule has 1 heterocycles. The lowest BCUT2D eigenvalue weighted by atomic mass is 9.80. The smallest absolute Gasteiger partial charge is 0.0300 e. The molecule has 0 amide bonds. The standard InChI is InChI=1S/C13H20N2/c1-11(13-5-2-6-13)15-9-7-12-4-3-8-14-10-12/h3-4,8,10-11,13,15H,2,5-7,9H2,1H3. The van der Waals surface area contributed by atoms with Crippen molar-refractivity contribution < 1.29 is 0 Å². The van der Waals surface area contributed by atoms with Crippen molar-refractivity contribution in [2.24, 2.45) is 5.92 Å². The van der Waals surface area contributed by atoms with Crippen LogP contribution in [0, 0.1) is 5.92 Å². The zero-order valence-corrected chi connectivity index (χ0v) is 9.45. The maximum Gasteiger partial charge on any atom is 0.0300 e. The number of nitrogens with zero attached hydrogens (tertiary/aromatic N) is 1. The Morgan fingerprint density at radius 3 is 3.00 bits per heavy atom. The van der Waals surface area contributed by atoms with Crippen molar-refractivity contribution in [2.45, 2.75) is 38.6 Å². The Balaban J connectivity index is 1.66. The molecular weight excluding hydrogens is 184 g/mol. The SMILES string of the molecule is CC(NCCc1cccnc1)C1CCC1. The van der Waals surface area contributed by atoms with Crippen molar-refractivity contribution >= 4 is 0 Å². The molecule has 1 aliphatic rings. The molecule has 0 saturated heterocycles. The second-order valence-corrected chi connectivity index (χ2v) is 4.55. The van der Waals surface area contributed by atoms with E-state index < -0.39 is 0 Å². The van der Waals surface area contributed by atoms with Gasteiger partial charge in [-0.15, -0.1) is 0 Å². The van der Waals surface area contributed by atoms with E-state index in [1.54, 1.807) is 0 Å². The Morgan fingerprint density at radius 1 is 1.53 bits per heavy atom. The van der Waals surface area contributed by atoms with E-state index in [9.17, 15) is 0 Å². The number of aromatic nitrogens is 1. The van der Waals surface area contributed by atoms with Crippen LogP contribution in [0.15, 0.2) is 24.5 Å². The summed E-state index contributed by atoms with van der Waals surface area (Å²) < 4.78 is 0. The van der Waals surface area contributed by atoms with Crippen LogP contribution in [-0.2, 0) is 6.42 Å². The molecule has 0 bridgehead atoms. The van der Waals surface area contributed by atoms with E-state index in [2.05, 4.69) is 23.3 Å². The highest BCUT2D eigenvalue weighted by molar-refractivity contribution is 5.08. The minimum absolute atomic E-state index is 0.690. The molecule has 1 unspecified atom stereocenters. The third kappa shape index (κ3) is 3.03. The molecule has 1 aromatic heterocycles. The minimum Gasteiger partial charge on any atom is -0.314 e. The lowest BCUT2D eigenvalue weighted by molar-refractivity contribution is 0.242. The van der Waals surface area contributed by atoms with Gasteiger partial charge in [0.2, 0.25) is 0 Å². The Hall–Kier alpha value is -0.890. The van der Waals surface area contributed by atoms with E-state index in [0.717, 1.165) is 18.9 Å². The van der Waals surface area contributed by atoms with Gasteiger partial charge in [0.05, 0.1) is 0 Å². The molecule has 15 heavy (non-hydrogen) atoms. The van der Waals surface area contributed by atoms with Crippen LogP contribution in [0.4, 0.5) is 0 Å². The predicted molar refractivity (Wildman–Crippen MR) is 62.7 cm³/mol. The second-order valence-electron chi connectivity index (χ2n) is 4.55. The zero-order valence-electron chi connectivity index (χ0n) is 9.45. The molecule has 1 saturated carbocycles. The first-order valence-electron chi connectivity index (χ1n) is 5.98. The maximum atomic E-state index is 4.12. The molecule has 0 radical (unpaired) electrons. The van der Waals surface area contributed by atoms with Crippen molar-refractivity contribution in [3.05, 3.63) is 30.1 Å². The quantitative estimate of drug-likeness (QED) is 0.796. The van der Waals surface area contributed by atoms with Crippen LogP contribution < -0.4 is 5.32 Å². The van der Waals surface area contributed by atoms with E-state index >= 15 is 0 Å². The number of pyridine rings is 1. The van der Waals surface area contributed by atoms with Gasteiger partial charge < -0.3 is 5.32 Å². The molecule has 82 valence electrons. The third-order valence-corrected chi connectivity index (χ3v) is 3.46. The summed E-state index contributed by atoms with van der Waals surface area (Å²) in [5.41, 5.74) is 1.32. The minimum atomic E-state index is 0.690. The monoisotopic (exact) mass is 204 g/mol. The fourth-order valence-corrected chi connectivity index (χ4v) is 2.10. The van der Waals surface area contributed by atoms with Crippen molar-refractivity contribution in [1.29, 1.82) is 0 Å². The van der Waals surface area contributed by atoms with E-state index in [-0.39, 0.29) is 0 Å². The first-order chi connectivity index (χ1) is 7.36. The highest BCUT2D eigenvalue weighted by atomic mass is 14.9. The van der Waals surface area contributed by atoms with Crippen LogP contribution in [0.3, 0.4) is 0 Å². The molecule has 2 heteroatoms.